The van der Waals surface area contributed by atoms with Crippen LogP contribution in [0.25, 0.3) is 0 Å². The molecule has 0 bridgehead atoms. The van der Waals surface area contributed by atoms with E-state index in [2.05, 4.69) is 5.32 Å². The number of rotatable bonds is 12. The third kappa shape index (κ3) is 7.40. The van der Waals surface area contributed by atoms with Crippen molar-refractivity contribution in [3.05, 3.63) is 78.4 Å². The smallest absolute Gasteiger partial charge is 0.264 e. The van der Waals surface area contributed by atoms with E-state index >= 15 is 0 Å². The zero-order chi connectivity index (χ0) is 25.3. The van der Waals surface area contributed by atoms with Gasteiger partial charge in [0.1, 0.15) is 24.7 Å². The number of amides is 1. The minimum absolute atomic E-state index is 0.111. The molecule has 1 N–H and O–H groups in total. The van der Waals surface area contributed by atoms with Gasteiger partial charge in [0.05, 0.1) is 23.7 Å². The van der Waals surface area contributed by atoms with Crippen molar-refractivity contribution < 1.29 is 22.7 Å². The lowest BCUT2D eigenvalue weighted by molar-refractivity contribution is -0.119. The van der Waals surface area contributed by atoms with Gasteiger partial charge in [0.25, 0.3) is 10.0 Å². The molecule has 35 heavy (non-hydrogen) atoms. The molecule has 0 aromatic heterocycles. The van der Waals surface area contributed by atoms with Gasteiger partial charge in [0, 0.05) is 4.90 Å². The minimum atomic E-state index is -3.99. The van der Waals surface area contributed by atoms with Gasteiger partial charge in [-0.2, -0.15) is 0 Å². The largest absolute Gasteiger partial charge is 0.494 e. The number of anilines is 1. The zero-order valence-electron chi connectivity index (χ0n) is 20.1. The molecule has 0 aliphatic heterocycles. The van der Waals surface area contributed by atoms with Crippen LogP contribution in [0.15, 0.2) is 82.6 Å². The number of nitrogens with zero attached hydrogens (tertiary/aromatic N) is 1. The standard InChI is InChI=1S/C26H30N2O5S2/c1-4-32-22-10-8-21(9-11-22)28(35(30,31)25-14-12-24(34-3)13-15-25)19-26(29)27-16-17-33-23-7-5-6-20(2)18-23/h5-15,18H,4,16-17,19H2,1-3H3,(H,27,29). The summed E-state index contributed by atoms with van der Waals surface area (Å²) in [4.78, 5) is 13.8. The second-order valence-electron chi connectivity index (χ2n) is 7.63. The zero-order valence-corrected chi connectivity index (χ0v) is 21.7. The van der Waals surface area contributed by atoms with Crippen LogP contribution in [0, 0.1) is 6.92 Å². The van der Waals surface area contributed by atoms with Crippen molar-refractivity contribution in [3.63, 3.8) is 0 Å². The molecule has 0 aliphatic rings. The summed E-state index contributed by atoms with van der Waals surface area (Å²) in [5.41, 5.74) is 1.45. The molecule has 0 atom stereocenters. The molecule has 0 unspecified atom stereocenters. The van der Waals surface area contributed by atoms with Crippen molar-refractivity contribution >= 4 is 33.4 Å². The lowest BCUT2D eigenvalue weighted by atomic mass is 10.2. The van der Waals surface area contributed by atoms with Crippen molar-refractivity contribution in [1.82, 2.24) is 5.32 Å². The molecule has 0 spiro atoms. The number of thioether (sulfide) groups is 1. The highest BCUT2D eigenvalue weighted by Crippen LogP contribution is 2.27. The first-order valence-electron chi connectivity index (χ1n) is 11.2. The number of benzene rings is 3. The Labute approximate surface area is 211 Å². The molecule has 0 saturated heterocycles. The molecule has 0 radical (unpaired) electrons. The second kappa shape index (κ2) is 12.5. The Balaban J connectivity index is 1.73. The number of hydrogen-bond donors (Lipinski definition) is 1. The molecule has 0 aliphatic carbocycles. The highest BCUT2D eigenvalue weighted by molar-refractivity contribution is 7.98. The average molecular weight is 515 g/mol. The van der Waals surface area contributed by atoms with E-state index < -0.39 is 15.9 Å². The first-order chi connectivity index (χ1) is 16.8. The highest BCUT2D eigenvalue weighted by Gasteiger charge is 2.27. The number of nitrogens with one attached hydrogen (secondary N) is 1. The summed E-state index contributed by atoms with van der Waals surface area (Å²) in [6.07, 6.45) is 1.92. The maximum absolute atomic E-state index is 13.5. The van der Waals surface area contributed by atoms with E-state index in [0.717, 1.165) is 14.8 Å². The monoisotopic (exact) mass is 514 g/mol. The van der Waals surface area contributed by atoms with Gasteiger partial charge >= 0.3 is 0 Å². The summed E-state index contributed by atoms with van der Waals surface area (Å²) in [7, 11) is -3.99. The van der Waals surface area contributed by atoms with Gasteiger partial charge in [-0.3, -0.25) is 9.10 Å². The highest BCUT2D eigenvalue weighted by atomic mass is 32.2. The summed E-state index contributed by atoms with van der Waals surface area (Å²) in [5.74, 6) is 0.901. The summed E-state index contributed by atoms with van der Waals surface area (Å²) >= 11 is 1.52. The normalized spacial score (nSPS) is 11.1. The van der Waals surface area contributed by atoms with Crippen molar-refractivity contribution in [3.8, 4) is 11.5 Å². The number of hydrogen-bond acceptors (Lipinski definition) is 6. The Bertz CT molecular complexity index is 1210. The maximum atomic E-state index is 13.5. The van der Waals surface area contributed by atoms with Crippen LogP contribution in [0.2, 0.25) is 0 Å². The Kier molecular flexibility index (Phi) is 9.45. The van der Waals surface area contributed by atoms with E-state index in [1.54, 1.807) is 48.5 Å². The van der Waals surface area contributed by atoms with Gasteiger partial charge in [-0.1, -0.05) is 12.1 Å². The molecular formula is C26H30N2O5S2. The van der Waals surface area contributed by atoms with Crippen molar-refractivity contribution in [2.75, 3.05) is 36.9 Å². The fourth-order valence-electron chi connectivity index (χ4n) is 3.32. The summed E-state index contributed by atoms with van der Waals surface area (Å²) < 4.78 is 39.2. The Hall–Kier alpha value is -3.17. The van der Waals surface area contributed by atoms with E-state index in [9.17, 15) is 13.2 Å². The second-order valence-corrected chi connectivity index (χ2v) is 10.4. The quantitative estimate of drug-likeness (QED) is 0.283. The van der Waals surface area contributed by atoms with Crippen LogP contribution in [-0.4, -0.2) is 46.9 Å². The van der Waals surface area contributed by atoms with E-state index in [0.29, 0.717) is 23.8 Å². The first-order valence-corrected chi connectivity index (χ1v) is 13.9. The van der Waals surface area contributed by atoms with Crippen LogP contribution in [0.4, 0.5) is 5.69 Å². The number of aryl methyl sites for hydroxylation is 1. The molecule has 3 rings (SSSR count). The number of sulfonamides is 1. The van der Waals surface area contributed by atoms with Crippen molar-refractivity contribution in [2.45, 2.75) is 23.6 Å². The van der Waals surface area contributed by atoms with Crippen LogP contribution < -0.4 is 19.1 Å². The summed E-state index contributed by atoms with van der Waals surface area (Å²) in [6.45, 7) is 4.48. The van der Waals surface area contributed by atoms with Crippen LogP contribution in [0.1, 0.15) is 12.5 Å². The van der Waals surface area contributed by atoms with Crippen molar-refractivity contribution in [2.24, 2.45) is 0 Å². The van der Waals surface area contributed by atoms with Gasteiger partial charge in [0.2, 0.25) is 5.91 Å². The minimum Gasteiger partial charge on any atom is -0.494 e. The molecule has 0 heterocycles. The lowest BCUT2D eigenvalue weighted by Gasteiger charge is -2.24. The Morgan fingerprint density at radius 3 is 2.31 bits per heavy atom. The van der Waals surface area contributed by atoms with Gasteiger partial charge < -0.3 is 14.8 Å². The molecule has 3 aromatic rings. The Morgan fingerprint density at radius 1 is 0.971 bits per heavy atom. The van der Waals surface area contributed by atoms with Gasteiger partial charge in [-0.15, -0.1) is 11.8 Å². The predicted octanol–water partition coefficient (Wildman–Crippen LogP) is 4.51. The van der Waals surface area contributed by atoms with Gasteiger partial charge in [-0.05, 0) is 86.3 Å². The van der Waals surface area contributed by atoms with Gasteiger partial charge in [-0.25, -0.2) is 8.42 Å². The summed E-state index contributed by atoms with van der Waals surface area (Å²) in [5, 5.41) is 2.74. The van der Waals surface area contributed by atoms with Crippen LogP contribution in [0.5, 0.6) is 11.5 Å². The SMILES string of the molecule is CCOc1ccc(N(CC(=O)NCCOc2cccc(C)c2)S(=O)(=O)c2ccc(SC)cc2)cc1. The van der Waals surface area contributed by atoms with Crippen LogP contribution >= 0.6 is 11.8 Å². The average Bonchev–Trinajstić information content (AvgIpc) is 2.86. The summed E-state index contributed by atoms with van der Waals surface area (Å²) in [6, 6.07) is 20.9. The van der Waals surface area contributed by atoms with Crippen LogP contribution in [-0.2, 0) is 14.8 Å². The first kappa shape index (κ1) is 26.4. The van der Waals surface area contributed by atoms with Crippen LogP contribution in [0.3, 0.4) is 0 Å². The molecule has 0 saturated carbocycles. The number of carbonyl (C=O) groups excluding carboxylic acids is 1. The van der Waals surface area contributed by atoms with E-state index in [1.165, 1.54) is 11.8 Å². The molecular weight excluding hydrogens is 484 g/mol. The number of ether oxygens (including phenoxy) is 2. The third-order valence-electron chi connectivity index (χ3n) is 5.05. The molecule has 1 amide bonds. The fourth-order valence-corrected chi connectivity index (χ4v) is 5.15. The van der Waals surface area contributed by atoms with E-state index in [4.69, 9.17) is 9.47 Å². The van der Waals surface area contributed by atoms with E-state index in [-0.39, 0.29) is 24.6 Å². The molecule has 7 nitrogen and oxygen atoms in total. The van der Waals surface area contributed by atoms with E-state index in [1.807, 2.05) is 44.4 Å². The predicted molar refractivity (Wildman–Crippen MR) is 140 cm³/mol. The van der Waals surface area contributed by atoms with Gasteiger partial charge in [0.15, 0.2) is 0 Å². The molecule has 186 valence electrons. The third-order valence-corrected chi connectivity index (χ3v) is 7.58. The molecule has 9 heteroatoms. The molecule has 0 fully saturated rings. The van der Waals surface area contributed by atoms with Crippen molar-refractivity contribution in [1.29, 1.82) is 0 Å². The lowest BCUT2D eigenvalue weighted by Crippen LogP contribution is -2.41. The topological polar surface area (TPSA) is 84.9 Å². The Morgan fingerprint density at radius 2 is 1.69 bits per heavy atom. The number of carbonyl (C=O) groups is 1. The maximum Gasteiger partial charge on any atom is 0.264 e. The fraction of sp³-hybridized carbons (Fsp3) is 0.269. The molecule has 3 aromatic carbocycles.